The van der Waals surface area contributed by atoms with E-state index < -0.39 is 0 Å². The Balaban J connectivity index is 2.65. The Labute approximate surface area is 123 Å². The lowest BCUT2D eigenvalue weighted by atomic mass is 10.0. The molecule has 0 aliphatic carbocycles. The number of hydrogen-bond acceptors (Lipinski definition) is 1. The molecule has 0 aromatic heterocycles. The summed E-state index contributed by atoms with van der Waals surface area (Å²) < 4.78 is 0. The van der Waals surface area contributed by atoms with Crippen LogP contribution in [0.4, 0.5) is 4.79 Å². The number of aryl methyl sites for hydroxylation is 2. The molecule has 0 fully saturated rings. The fourth-order valence-corrected chi connectivity index (χ4v) is 2.32. The maximum absolute atomic E-state index is 12.2. The van der Waals surface area contributed by atoms with E-state index in [-0.39, 0.29) is 12.1 Å². The minimum Gasteiger partial charge on any atom is -0.331 e. The number of rotatable bonds is 5. The van der Waals surface area contributed by atoms with Gasteiger partial charge in [0.1, 0.15) is 0 Å². The minimum atomic E-state index is -0.00282. The zero-order valence-electron chi connectivity index (χ0n) is 13.7. The molecule has 2 amide bonds. The van der Waals surface area contributed by atoms with Crippen molar-refractivity contribution in [1.29, 1.82) is 0 Å². The van der Waals surface area contributed by atoms with Crippen LogP contribution in [0.1, 0.15) is 49.9 Å². The highest BCUT2D eigenvalue weighted by molar-refractivity contribution is 5.74. The molecule has 0 radical (unpaired) electrons. The lowest BCUT2D eigenvalue weighted by Crippen LogP contribution is -2.40. The Hall–Kier alpha value is -1.51. The third kappa shape index (κ3) is 4.87. The second-order valence-corrected chi connectivity index (χ2v) is 5.99. The molecule has 20 heavy (non-hydrogen) atoms. The fourth-order valence-electron chi connectivity index (χ4n) is 2.32. The number of urea groups is 1. The molecule has 3 heteroatoms. The molecule has 0 saturated carbocycles. The average Bonchev–Trinajstić information content (AvgIpc) is 2.37. The highest BCUT2D eigenvalue weighted by Crippen LogP contribution is 2.17. The summed E-state index contributed by atoms with van der Waals surface area (Å²) in [5.41, 5.74) is 3.62. The van der Waals surface area contributed by atoms with Gasteiger partial charge >= 0.3 is 6.03 Å². The lowest BCUT2D eigenvalue weighted by molar-refractivity contribution is 0.198. The Morgan fingerprint density at radius 3 is 2.25 bits per heavy atom. The molecule has 1 aromatic carbocycles. The number of nitrogens with zero attached hydrogens (tertiary/aromatic N) is 1. The zero-order chi connectivity index (χ0) is 15.3. The van der Waals surface area contributed by atoms with E-state index >= 15 is 0 Å². The first-order valence-corrected chi connectivity index (χ1v) is 7.43. The third-order valence-electron chi connectivity index (χ3n) is 3.71. The quantitative estimate of drug-likeness (QED) is 0.864. The molecule has 2 atom stereocenters. The number of nitrogens with one attached hydrogen (secondary N) is 1. The highest BCUT2D eigenvalue weighted by atomic mass is 16.2. The molecule has 2 unspecified atom stereocenters. The van der Waals surface area contributed by atoms with Crippen LogP contribution in [0.5, 0.6) is 0 Å². The topological polar surface area (TPSA) is 32.3 Å². The molecule has 0 aliphatic heterocycles. The Bertz CT molecular complexity index is 436. The summed E-state index contributed by atoms with van der Waals surface area (Å²) in [6.07, 6.45) is 1.09. The fraction of sp³-hybridized carbons (Fsp3) is 0.588. The molecule has 0 heterocycles. The van der Waals surface area contributed by atoms with Gasteiger partial charge in [0.05, 0.1) is 6.04 Å². The van der Waals surface area contributed by atoms with Crippen molar-refractivity contribution in [3.63, 3.8) is 0 Å². The SMILES string of the molecule is CCC(C)CN(C)C(=O)NC(C)c1cc(C)cc(C)c1. The van der Waals surface area contributed by atoms with Crippen LogP contribution in [0, 0.1) is 19.8 Å². The zero-order valence-corrected chi connectivity index (χ0v) is 13.7. The molecule has 0 bridgehead atoms. The van der Waals surface area contributed by atoms with Gasteiger partial charge in [-0.15, -0.1) is 0 Å². The van der Waals surface area contributed by atoms with Crippen LogP contribution in [-0.2, 0) is 0 Å². The van der Waals surface area contributed by atoms with Crippen molar-refractivity contribution in [3.05, 3.63) is 34.9 Å². The van der Waals surface area contributed by atoms with Crippen LogP contribution in [0.25, 0.3) is 0 Å². The van der Waals surface area contributed by atoms with E-state index in [9.17, 15) is 4.79 Å². The molecule has 0 aliphatic rings. The van der Waals surface area contributed by atoms with Crippen molar-refractivity contribution in [2.24, 2.45) is 5.92 Å². The molecule has 112 valence electrons. The van der Waals surface area contributed by atoms with Crippen molar-refractivity contribution in [1.82, 2.24) is 10.2 Å². The van der Waals surface area contributed by atoms with Gasteiger partial charge in [-0.3, -0.25) is 0 Å². The van der Waals surface area contributed by atoms with E-state index in [1.807, 2.05) is 14.0 Å². The van der Waals surface area contributed by atoms with E-state index in [0.717, 1.165) is 18.5 Å². The van der Waals surface area contributed by atoms with Gasteiger partial charge in [0.2, 0.25) is 0 Å². The van der Waals surface area contributed by atoms with Crippen molar-refractivity contribution in [3.8, 4) is 0 Å². The minimum absolute atomic E-state index is 0.00282. The number of carbonyl (C=O) groups excluding carboxylic acids is 1. The summed E-state index contributed by atoms with van der Waals surface area (Å²) in [5, 5.41) is 3.07. The van der Waals surface area contributed by atoms with Crippen LogP contribution in [0.3, 0.4) is 0 Å². The predicted octanol–water partition coefficient (Wildman–Crippen LogP) is 4.05. The van der Waals surface area contributed by atoms with Crippen LogP contribution in [-0.4, -0.2) is 24.5 Å². The summed E-state index contributed by atoms with van der Waals surface area (Å²) in [6, 6.07) is 6.43. The molecular weight excluding hydrogens is 248 g/mol. The summed E-state index contributed by atoms with van der Waals surface area (Å²) in [4.78, 5) is 13.9. The van der Waals surface area contributed by atoms with Crippen LogP contribution in [0.15, 0.2) is 18.2 Å². The van der Waals surface area contributed by atoms with Crippen LogP contribution in [0.2, 0.25) is 0 Å². The van der Waals surface area contributed by atoms with Gasteiger partial charge in [-0.25, -0.2) is 4.79 Å². The summed E-state index contributed by atoms with van der Waals surface area (Å²) in [5.74, 6) is 0.530. The predicted molar refractivity (Wildman–Crippen MR) is 84.9 cm³/mol. The second kappa shape index (κ2) is 7.32. The summed E-state index contributed by atoms with van der Waals surface area (Å²) in [6.45, 7) is 11.3. The monoisotopic (exact) mass is 276 g/mol. The standard InChI is InChI=1S/C17H28N2O/c1-7-12(2)11-19(6)17(20)18-15(5)16-9-13(3)8-14(4)10-16/h8-10,12,15H,7,11H2,1-6H3,(H,18,20). The van der Waals surface area contributed by atoms with E-state index in [4.69, 9.17) is 0 Å². The van der Waals surface area contributed by atoms with Crippen LogP contribution < -0.4 is 5.32 Å². The maximum atomic E-state index is 12.2. The average molecular weight is 276 g/mol. The lowest BCUT2D eigenvalue weighted by Gasteiger charge is -2.24. The maximum Gasteiger partial charge on any atom is 0.317 e. The molecule has 1 rings (SSSR count). The molecule has 1 N–H and O–H groups in total. The first-order chi connectivity index (χ1) is 9.33. The van der Waals surface area contributed by atoms with Gasteiger partial charge in [-0.2, -0.15) is 0 Å². The summed E-state index contributed by atoms with van der Waals surface area (Å²) >= 11 is 0. The first-order valence-electron chi connectivity index (χ1n) is 7.43. The van der Waals surface area contributed by atoms with Crippen LogP contribution >= 0.6 is 0 Å². The van der Waals surface area contributed by atoms with E-state index in [1.54, 1.807) is 4.90 Å². The molecule has 0 saturated heterocycles. The Kier molecular flexibility index (Phi) is 6.05. The van der Waals surface area contributed by atoms with Gasteiger partial charge in [-0.1, -0.05) is 49.6 Å². The molecule has 3 nitrogen and oxygen atoms in total. The number of amides is 2. The third-order valence-corrected chi connectivity index (χ3v) is 3.71. The molecular formula is C17H28N2O. The normalized spacial score (nSPS) is 13.7. The number of benzene rings is 1. The smallest absolute Gasteiger partial charge is 0.317 e. The van der Waals surface area contributed by atoms with Crippen molar-refractivity contribution >= 4 is 6.03 Å². The Morgan fingerprint density at radius 2 is 1.75 bits per heavy atom. The molecule has 0 spiro atoms. The second-order valence-electron chi connectivity index (χ2n) is 5.99. The van der Waals surface area contributed by atoms with Gasteiger partial charge in [0.15, 0.2) is 0 Å². The molecule has 1 aromatic rings. The number of hydrogen-bond donors (Lipinski definition) is 1. The highest BCUT2D eigenvalue weighted by Gasteiger charge is 2.15. The van der Waals surface area contributed by atoms with Gasteiger partial charge < -0.3 is 10.2 Å². The van der Waals surface area contributed by atoms with Crippen molar-refractivity contribution in [2.45, 2.75) is 47.1 Å². The van der Waals surface area contributed by atoms with E-state index in [1.165, 1.54) is 11.1 Å². The van der Waals surface area contributed by atoms with E-state index in [2.05, 4.69) is 51.2 Å². The number of carbonyl (C=O) groups is 1. The largest absolute Gasteiger partial charge is 0.331 e. The van der Waals surface area contributed by atoms with Crippen molar-refractivity contribution in [2.75, 3.05) is 13.6 Å². The van der Waals surface area contributed by atoms with Crippen molar-refractivity contribution < 1.29 is 4.79 Å². The summed E-state index contributed by atoms with van der Waals surface area (Å²) in [7, 11) is 1.86. The van der Waals surface area contributed by atoms with Gasteiger partial charge in [0.25, 0.3) is 0 Å². The van der Waals surface area contributed by atoms with E-state index in [0.29, 0.717) is 5.92 Å². The Morgan fingerprint density at radius 1 is 1.20 bits per heavy atom. The van der Waals surface area contributed by atoms with Gasteiger partial charge in [-0.05, 0) is 32.3 Å². The first kappa shape index (κ1) is 16.5. The van der Waals surface area contributed by atoms with Gasteiger partial charge in [0, 0.05) is 13.6 Å².